The van der Waals surface area contributed by atoms with Crippen LogP contribution in [0.1, 0.15) is 27.6 Å². The van der Waals surface area contributed by atoms with Gasteiger partial charge in [-0.1, -0.05) is 35.9 Å². The summed E-state index contributed by atoms with van der Waals surface area (Å²) in [7, 11) is 0. The van der Waals surface area contributed by atoms with Gasteiger partial charge in [-0.05, 0) is 35.4 Å². The second-order valence-electron chi connectivity index (χ2n) is 5.65. The zero-order valence-corrected chi connectivity index (χ0v) is 13.4. The van der Waals surface area contributed by atoms with Crippen LogP contribution in [0.4, 0.5) is 0 Å². The van der Waals surface area contributed by atoms with Gasteiger partial charge in [-0.15, -0.1) is 0 Å². The molecule has 2 aromatic rings. The fraction of sp³-hybridized carbons (Fsp3) is 0.278. The van der Waals surface area contributed by atoms with Crippen molar-refractivity contribution in [1.82, 2.24) is 4.90 Å². The third kappa shape index (κ3) is 4.10. The quantitative estimate of drug-likeness (QED) is 0.929. The lowest BCUT2D eigenvalue weighted by molar-refractivity contribution is -0.0329. The molecule has 1 fully saturated rings. The van der Waals surface area contributed by atoms with Gasteiger partial charge in [0.25, 0.3) is 0 Å². The lowest BCUT2D eigenvalue weighted by Crippen LogP contribution is -2.37. The monoisotopic (exact) mass is 331 g/mol. The van der Waals surface area contributed by atoms with Gasteiger partial charge in [0.15, 0.2) is 0 Å². The Morgan fingerprint density at radius 1 is 1.26 bits per heavy atom. The molecule has 0 saturated carbocycles. The van der Waals surface area contributed by atoms with Gasteiger partial charge >= 0.3 is 5.97 Å². The summed E-state index contributed by atoms with van der Waals surface area (Å²) in [4.78, 5) is 13.3. The molecule has 1 N–H and O–H groups in total. The molecule has 0 radical (unpaired) electrons. The van der Waals surface area contributed by atoms with Gasteiger partial charge in [-0.25, -0.2) is 4.79 Å². The Morgan fingerprint density at radius 3 is 2.78 bits per heavy atom. The van der Waals surface area contributed by atoms with E-state index in [1.807, 2.05) is 30.3 Å². The average Bonchev–Trinajstić information content (AvgIpc) is 2.56. The number of rotatable bonds is 4. The largest absolute Gasteiger partial charge is 0.478 e. The maximum Gasteiger partial charge on any atom is 0.335 e. The average molecular weight is 332 g/mol. The molecule has 1 unspecified atom stereocenters. The van der Waals surface area contributed by atoms with Crippen LogP contribution in [-0.2, 0) is 11.3 Å². The van der Waals surface area contributed by atoms with Gasteiger partial charge < -0.3 is 9.84 Å². The fourth-order valence-electron chi connectivity index (χ4n) is 2.79. The molecule has 3 rings (SSSR count). The van der Waals surface area contributed by atoms with Crippen molar-refractivity contribution in [2.24, 2.45) is 0 Å². The molecule has 4 nitrogen and oxygen atoms in total. The molecule has 0 bridgehead atoms. The molecular formula is C18H18ClNO3. The van der Waals surface area contributed by atoms with Crippen LogP contribution < -0.4 is 0 Å². The van der Waals surface area contributed by atoms with E-state index in [-0.39, 0.29) is 6.10 Å². The molecule has 23 heavy (non-hydrogen) atoms. The van der Waals surface area contributed by atoms with Crippen molar-refractivity contribution in [1.29, 1.82) is 0 Å². The minimum atomic E-state index is -0.895. The van der Waals surface area contributed by atoms with Crippen LogP contribution in [0.25, 0.3) is 0 Å². The van der Waals surface area contributed by atoms with E-state index in [1.165, 1.54) is 0 Å². The number of benzene rings is 2. The van der Waals surface area contributed by atoms with Crippen LogP contribution in [-0.4, -0.2) is 35.7 Å². The first-order chi connectivity index (χ1) is 11.1. The number of halogens is 1. The highest BCUT2D eigenvalue weighted by molar-refractivity contribution is 6.30. The molecule has 5 heteroatoms. The fourth-order valence-corrected chi connectivity index (χ4v) is 2.91. The number of hydrogen-bond donors (Lipinski definition) is 1. The Hall–Kier alpha value is -1.88. The van der Waals surface area contributed by atoms with Crippen molar-refractivity contribution in [2.75, 3.05) is 19.7 Å². The topological polar surface area (TPSA) is 49.8 Å². The van der Waals surface area contributed by atoms with Crippen molar-refractivity contribution in [2.45, 2.75) is 12.6 Å². The Bertz CT molecular complexity index is 687. The smallest absolute Gasteiger partial charge is 0.335 e. The zero-order valence-electron chi connectivity index (χ0n) is 12.6. The van der Waals surface area contributed by atoms with E-state index in [4.69, 9.17) is 21.4 Å². The minimum absolute atomic E-state index is 0.0173. The molecule has 0 aliphatic carbocycles. The Balaban J connectivity index is 1.68. The van der Waals surface area contributed by atoms with Crippen LogP contribution in [0.2, 0.25) is 5.02 Å². The van der Waals surface area contributed by atoms with E-state index in [2.05, 4.69) is 4.90 Å². The second-order valence-corrected chi connectivity index (χ2v) is 6.09. The number of carboxylic acid groups (broad SMARTS) is 1. The van der Waals surface area contributed by atoms with Crippen molar-refractivity contribution >= 4 is 17.6 Å². The lowest BCUT2D eigenvalue weighted by Gasteiger charge is -2.33. The maximum absolute atomic E-state index is 11.1. The van der Waals surface area contributed by atoms with Gasteiger partial charge in [0.2, 0.25) is 0 Å². The number of hydrogen-bond acceptors (Lipinski definition) is 3. The molecular weight excluding hydrogens is 314 g/mol. The number of ether oxygens (including phenoxy) is 1. The van der Waals surface area contributed by atoms with Gasteiger partial charge in [-0.2, -0.15) is 0 Å². The van der Waals surface area contributed by atoms with Gasteiger partial charge in [0.1, 0.15) is 0 Å². The summed E-state index contributed by atoms with van der Waals surface area (Å²) in [6, 6.07) is 14.8. The molecule has 120 valence electrons. The van der Waals surface area contributed by atoms with Crippen LogP contribution >= 0.6 is 11.6 Å². The second kappa shape index (κ2) is 7.13. The molecule has 0 amide bonds. The molecule has 1 atom stereocenters. The van der Waals surface area contributed by atoms with Crippen LogP contribution in [0.5, 0.6) is 0 Å². The van der Waals surface area contributed by atoms with Gasteiger partial charge in [0, 0.05) is 24.7 Å². The number of aromatic carboxylic acids is 1. The van der Waals surface area contributed by atoms with Crippen molar-refractivity contribution in [3.8, 4) is 0 Å². The van der Waals surface area contributed by atoms with Crippen molar-refractivity contribution in [3.63, 3.8) is 0 Å². The Kier molecular flexibility index (Phi) is 4.96. The van der Waals surface area contributed by atoms with Crippen LogP contribution in [0, 0.1) is 0 Å². The summed E-state index contributed by atoms with van der Waals surface area (Å²) in [5, 5.41) is 9.80. The maximum atomic E-state index is 11.1. The third-order valence-electron chi connectivity index (χ3n) is 3.97. The molecule has 0 spiro atoms. The molecule has 2 aromatic carbocycles. The van der Waals surface area contributed by atoms with Crippen molar-refractivity contribution < 1.29 is 14.6 Å². The van der Waals surface area contributed by atoms with E-state index in [1.54, 1.807) is 18.2 Å². The summed E-state index contributed by atoms with van der Waals surface area (Å²) < 4.78 is 5.85. The predicted octanol–water partition coefficient (Wildman–Crippen LogP) is 3.61. The first-order valence-corrected chi connectivity index (χ1v) is 7.91. The van der Waals surface area contributed by atoms with Gasteiger partial charge in [-0.3, -0.25) is 4.90 Å². The Morgan fingerprint density at radius 2 is 2.04 bits per heavy atom. The summed E-state index contributed by atoms with van der Waals surface area (Å²) in [5.74, 6) is -0.895. The predicted molar refractivity (Wildman–Crippen MR) is 88.8 cm³/mol. The highest BCUT2D eigenvalue weighted by atomic mass is 35.5. The van der Waals surface area contributed by atoms with Gasteiger partial charge in [0.05, 0.1) is 18.3 Å². The molecule has 0 aromatic heterocycles. The lowest BCUT2D eigenvalue weighted by atomic mass is 10.1. The van der Waals surface area contributed by atoms with E-state index in [9.17, 15) is 4.79 Å². The highest BCUT2D eigenvalue weighted by Crippen LogP contribution is 2.24. The van der Waals surface area contributed by atoms with E-state index >= 15 is 0 Å². The highest BCUT2D eigenvalue weighted by Gasteiger charge is 2.22. The van der Waals surface area contributed by atoms with Crippen LogP contribution in [0.3, 0.4) is 0 Å². The molecule has 1 aliphatic heterocycles. The number of carboxylic acids is 1. The summed E-state index contributed by atoms with van der Waals surface area (Å²) in [5.41, 5.74) is 2.44. The first-order valence-electron chi connectivity index (χ1n) is 7.53. The summed E-state index contributed by atoms with van der Waals surface area (Å²) >= 11 is 5.93. The van der Waals surface area contributed by atoms with Crippen molar-refractivity contribution in [3.05, 3.63) is 70.2 Å². The molecule has 1 saturated heterocycles. The normalized spacial score (nSPS) is 18.7. The number of carbonyl (C=O) groups is 1. The Labute approximate surface area is 140 Å². The summed E-state index contributed by atoms with van der Waals surface area (Å²) in [6.07, 6.45) is 0.0173. The van der Waals surface area contributed by atoms with E-state index in [0.717, 1.165) is 24.2 Å². The first kappa shape index (κ1) is 16.0. The minimum Gasteiger partial charge on any atom is -0.478 e. The van der Waals surface area contributed by atoms with E-state index in [0.29, 0.717) is 23.7 Å². The SMILES string of the molecule is O=C(O)c1cccc(CN2CCOC(c3ccc(Cl)cc3)C2)c1. The number of morpholine rings is 1. The van der Waals surface area contributed by atoms with E-state index < -0.39 is 5.97 Å². The number of nitrogens with zero attached hydrogens (tertiary/aromatic N) is 1. The third-order valence-corrected chi connectivity index (χ3v) is 4.22. The molecule has 1 aliphatic rings. The molecule has 1 heterocycles. The zero-order chi connectivity index (χ0) is 16.2. The summed E-state index contributed by atoms with van der Waals surface area (Å²) in [6.45, 7) is 2.99. The standard InChI is InChI=1S/C18H18ClNO3/c19-16-6-4-14(5-7-16)17-12-20(8-9-23-17)11-13-2-1-3-15(10-13)18(21)22/h1-7,10,17H,8-9,11-12H2,(H,21,22). The van der Waals surface area contributed by atoms with Crippen LogP contribution in [0.15, 0.2) is 48.5 Å².